The zero-order valence-corrected chi connectivity index (χ0v) is 10.6. The van der Waals surface area contributed by atoms with Gasteiger partial charge in [-0.3, -0.25) is 10.4 Å². The van der Waals surface area contributed by atoms with E-state index in [0.717, 1.165) is 5.75 Å². The van der Waals surface area contributed by atoms with Gasteiger partial charge in [-0.25, -0.2) is 4.84 Å². The Kier molecular flexibility index (Phi) is 5.04. The maximum Gasteiger partial charge on any atom is 0.136 e. The van der Waals surface area contributed by atoms with Crippen LogP contribution in [0.5, 0.6) is 0 Å². The van der Waals surface area contributed by atoms with Crippen LogP contribution in [0, 0.1) is 0 Å². The number of thioether (sulfide) groups is 1. The summed E-state index contributed by atoms with van der Waals surface area (Å²) in [4.78, 5) is 4.78. The number of rotatable bonds is 6. The summed E-state index contributed by atoms with van der Waals surface area (Å²) in [6.45, 7) is 3.14. The summed E-state index contributed by atoms with van der Waals surface area (Å²) in [5.41, 5.74) is 0. The molecule has 100 valence electrons. The number of hydrogen-bond donors (Lipinski definition) is 2. The molecule has 17 heavy (non-hydrogen) atoms. The molecule has 0 saturated carbocycles. The lowest BCUT2D eigenvalue weighted by Crippen LogP contribution is -2.35. The third kappa shape index (κ3) is 3.31. The van der Waals surface area contributed by atoms with E-state index in [1.54, 1.807) is 0 Å². The Morgan fingerprint density at radius 2 is 2.06 bits per heavy atom. The van der Waals surface area contributed by atoms with E-state index in [0.29, 0.717) is 18.5 Å². The average molecular weight is 265 g/mol. The van der Waals surface area contributed by atoms with Crippen molar-refractivity contribution >= 4 is 11.8 Å². The van der Waals surface area contributed by atoms with E-state index in [2.05, 4.69) is 6.92 Å². The van der Waals surface area contributed by atoms with Crippen molar-refractivity contribution in [2.75, 3.05) is 19.0 Å². The maximum atomic E-state index is 8.62. The van der Waals surface area contributed by atoms with Crippen LogP contribution in [0.25, 0.3) is 0 Å². The van der Waals surface area contributed by atoms with Crippen LogP contribution in [0.3, 0.4) is 0 Å². The molecule has 2 aliphatic heterocycles. The highest BCUT2D eigenvalue weighted by molar-refractivity contribution is 8.00. The van der Waals surface area contributed by atoms with E-state index in [1.165, 1.54) is 12.8 Å². The third-order valence-electron chi connectivity index (χ3n) is 3.02. The van der Waals surface area contributed by atoms with Crippen LogP contribution in [0.1, 0.15) is 19.8 Å². The summed E-state index contributed by atoms with van der Waals surface area (Å²) in [7, 11) is 0. The van der Waals surface area contributed by atoms with Crippen molar-refractivity contribution in [2.45, 2.75) is 43.3 Å². The predicted octanol–water partition coefficient (Wildman–Crippen LogP) is 1.07. The Bertz CT molecular complexity index is 243. The van der Waals surface area contributed by atoms with Crippen molar-refractivity contribution in [3.8, 4) is 0 Å². The fourth-order valence-electron chi connectivity index (χ4n) is 2.16. The monoisotopic (exact) mass is 265 g/mol. The second-order valence-electron chi connectivity index (χ2n) is 4.26. The highest BCUT2D eigenvalue weighted by Crippen LogP contribution is 2.35. The molecule has 2 saturated heterocycles. The molecule has 2 N–H and O–H groups in total. The molecule has 0 aromatic carbocycles. The lowest BCUT2D eigenvalue weighted by Gasteiger charge is -2.17. The van der Waals surface area contributed by atoms with Gasteiger partial charge < -0.3 is 9.47 Å². The van der Waals surface area contributed by atoms with E-state index in [1.807, 2.05) is 11.8 Å². The molecule has 4 atom stereocenters. The molecular formula is C10H19NO5S. The zero-order chi connectivity index (χ0) is 12.3. The minimum atomic E-state index is -0.438. The van der Waals surface area contributed by atoms with Gasteiger partial charge in [0.25, 0.3) is 0 Å². The highest BCUT2D eigenvalue weighted by atomic mass is 32.2. The molecule has 2 rings (SSSR count). The van der Waals surface area contributed by atoms with E-state index in [4.69, 9.17) is 24.7 Å². The summed E-state index contributed by atoms with van der Waals surface area (Å²) < 4.78 is 11.2. The molecule has 2 fully saturated rings. The minimum absolute atomic E-state index is 0.00167. The van der Waals surface area contributed by atoms with E-state index in [-0.39, 0.29) is 17.6 Å². The lowest BCUT2D eigenvalue weighted by atomic mass is 10.1. The van der Waals surface area contributed by atoms with Gasteiger partial charge in [0.2, 0.25) is 0 Å². The molecule has 2 heterocycles. The maximum absolute atomic E-state index is 8.62. The van der Waals surface area contributed by atoms with Crippen molar-refractivity contribution in [3.05, 3.63) is 0 Å². The quantitative estimate of drug-likeness (QED) is 0.549. The van der Waals surface area contributed by atoms with Gasteiger partial charge in [-0.1, -0.05) is 13.3 Å². The van der Waals surface area contributed by atoms with Gasteiger partial charge >= 0.3 is 0 Å². The molecule has 2 aliphatic rings. The second kappa shape index (κ2) is 6.33. The summed E-state index contributed by atoms with van der Waals surface area (Å²) in [6, 6.07) is 0. The summed E-state index contributed by atoms with van der Waals surface area (Å²) >= 11 is 1.86. The normalized spacial score (nSPS) is 36.7. The molecule has 0 radical (unpaired) electrons. The molecular weight excluding hydrogens is 246 g/mol. The highest BCUT2D eigenvalue weighted by Gasteiger charge is 2.49. The SMILES string of the molecule is CCCCS[C@H]1CO[C@H]2[C@@H]1OC[C@H]2ON(O)O. The number of ether oxygens (including phenoxy) is 2. The first kappa shape index (κ1) is 13.5. The van der Waals surface area contributed by atoms with Crippen LogP contribution in [-0.4, -0.2) is 58.3 Å². The first-order chi connectivity index (χ1) is 8.22. The fourth-order valence-corrected chi connectivity index (χ4v) is 3.52. The Hall–Kier alpha value is 0.110. The van der Waals surface area contributed by atoms with Gasteiger partial charge in [-0.05, 0) is 12.2 Å². The van der Waals surface area contributed by atoms with Crippen LogP contribution in [0.2, 0.25) is 0 Å². The zero-order valence-electron chi connectivity index (χ0n) is 9.82. The molecule has 6 nitrogen and oxygen atoms in total. The van der Waals surface area contributed by atoms with Crippen molar-refractivity contribution in [3.63, 3.8) is 0 Å². The number of nitrogens with zero attached hydrogens (tertiary/aromatic N) is 1. The summed E-state index contributed by atoms with van der Waals surface area (Å²) in [5, 5.41) is 17.3. The topological polar surface area (TPSA) is 71.4 Å². The van der Waals surface area contributed by atoms with Gasteiger partial charge in [0.05, 0.1) is 23.9 Å². The first-order valence-corrected chi connectivity index (χ1v) is 6.96. The van der Waals surface area contributed by atoms with Crippen molar-refractivity contribution in [1.82, 2.24) is 5.39 Å². The van der Waals surface area contributed by atoms with Crippen LogP contribution in [0.4, 0.5) is 0 Å². The molecule has 0 aromatic heterocycles. The number of unbranched alkanes of at least 4 members (excludes halogenated alkanes) is 1. The molecule has 0 aliphatic carbocycles. The number of hydrogen-bond acceptors (Lipinski definition) is 7. The average Bonchev–Trinajstić information content (AvgIpc) is 2.83. The van der Waals surface area contributed by atoms with Crippen molar-refractivity contribution in [1.29, 1.82) is 0 Å². The Labute approximate surface area is 105 Å². The van der Waals surface area contributed by atoms with E-state index in [9.17, 15) is 0 Å². The van der Waals surface area contributed by atoms with Gasteiger partial charge in [0.15, 0.2) is 0 Å². The van der Waals surface area contributed by atoms with Crippen LogP contribution in [0.15, 0.2) is 0 Å². The molecule has 0 aromatic rings. The van der Waals surface area contributed by atoms with Gasteiger partial charge in [0.1, 0.15) is 18.3 Å². The fraction of sp³-hybridized carbons (Fsp3) is 1.00. The molecule has 7 heteroatoms. The Balaban J connectivity index is 1.80. The standard InChI is InChI=1S/C10H19NO5S/c1-2-3-4-17-8-6-15-9-7(16-11(12)13)5-14-10(8)9/h7-10,12-13H,2-6H2,1H3/t7-,8+,9-,10-/m1/s1. The molecule has 0 unspecified atom stereocenters. The summed E-state index contributed by atoms with van der Waals surface area (Å²) in [5.74, 6) is 1.11. The third-order valence-corrected chi connectivity index (χ3v) is 4.38. The summed E-state index contributed by atoms with van der Waals surface area (Å²) in [6.07, 6.45) is 1.75. The molecule has 0 spiro atoms. The smallest absolute Gasteiger partial charge is 0.136 e. The van der Waals surface area contributed by atoms with E-state index < -0.39 is 6.10 Å². The lowest BCUT2D eigenvalue weighted by molar-refractivity contribution is -0.507. The Morgan fingerprint density at radius 1 is 1.29 bits per heavy atom. The second-order valence-corrected chi connectivity index (χ2v) is 5.60. The van der Waals surface area contributed by atoms with Gasteiger partial charge in [0, 0.05) is 0 Å². The van der Waals surface area contributed by atoms with Crippen molar-refractivity contribution in [2.24, 2.45) is 0 Å². The molecule has 0 bridgehead atoms. The largest absolute Gasteiger partial charge is 0.371 e. The van der Waals surface area contributed by atoms with E-state index >= 15 is 0 Å². The predicted molar refractivity (Wildman–Crippen MR) is 60.9 cm³/mol. The molecule has 0 amide bonds. The van der Waals surface area contributed by atoms with Crippen LogP contribution < -0.4 is 0 Å². The Morgan fingerprint density at radius 3 is 2.76 bits per heavy atom. The minimum Gasteiger partial charge on any atom is -0.371 e. The van der Waals surface area contributed by atoms with Gasteiger partial charge in [-0.15, -0.1) is 0 Å². The van der Waals surface area contributed by atoms with Gasteiger partial charge in [-0.2, -0.15) is 11.8 Å². The first-order valence-electron chi connectivity index (χ1n) is 5.92. The van der Waals surface area contributed by atoms with Crippen LogP contribution in [-0.2, 0) is 14.3 Å². The number of fused-ring (bicyclic) bond motifs is 1. The van der Waals surface area contributed by atoms with Crippen molar-refractivity contribution < 1.29 is 24.7 Å². The van der Waals surface area contributed by atoms with Crippen LogP contribution >= 0.6 is 11.8 Å².